The number of hydrogen-bond donors (Lipinski definition) is 0. The minimum absolute atomic E-state index is 0.0652. The zero-order valence-corrected chi connectivity index (χ0v) is 16.6. The van der Waals surface area contributed by atoms with Gasteiger partial charge in [-0.25, -0.2) is 0 Å². The van der Waals surface area contributed by atoms with Crippen LogP contribution in [0.5, 0.6) is 0 Å². The second-order valence-corrected chi connectivity index (χ2v) is 7.38. The van der Waals surface area contributed by atoms with E-state index in [1.807, 2.05) is 0 Å². The van der Waals surface area contributed by atoms with Crippen molar-refractivity contribution in [2.45, 2.75) is 0 Å². The second kappa shape index (κ2) is 11.1. The first-order valence-electron chi connectivity index (χ1n) is 5.38. The first-order chi connectivity index (χ1) is 9.20. The third-order valence-corrected chi connectivity index (χ3v) is 3.13. The predicted octanol–water partition coefficient (Wildman–Crippen LogP) is 1.28. The lowest BCUT2D eigenvalue weighted by Crippen LogP contribution is -2.41. The van der Waals surface area contributed by atoms with Crippen molar-refractivity contribution in [2.24, 2.45) is 0 Å². The average Bonchev–Trinajstić information content (AvgIpc) is 2.22. The van der Waals surface area contributed by atoms with E-state index >= 15 is 0 Å². The molecule has 0 aliphatic carbocycles. The smallest absolute Gasteiger partial charge is 0.211 e. The van der Waals surface area contributed by atoms with Crippen LogP contribution in [-0.4, -0.2) is 67.8 Å². The van der Waals surface area contributed by atoms with E-state index in [1.54, 1.807) is 9.80 Å². The van der Waals surface area contributed by atoms with E-state index in [9.17, 15) is 19.2 Å². The largest absolute Gasteiger partial charge is 0.286 e. The standard InChI is InChI=1S/C10H12Br4N2O4/c11-7(17)3-15(4-8(12)18)1-2-16(5-9(13)19)6-10(14)20/h1-6H2. The molecule has 0 heterocycles. The molecule has 20 heavy (non-hydrogen) atoms. The van der Waals surface area contributed by atoms with Gasteiger partial charge in [0.25, 0.3) is 0 Å². The van der Waals surface area contributed by atoms with Crippen LogP contribution < -0.4 is 0 Å². The van der Waals surface area contributed by atoms with Gasteiger partial charge in [-0.1, -0.05) is 0 Å². The molecule has 114 valence electrons. The molecular weight excluding hydrogens is 532 g/mol. The SMILES string of the molecule is O=C(Br)CN(CCN(CC(=O)Br)CC(=O)Br)CC(=O)Br. The van der Waals surface area contributed by atoms with Gasteiger partial charge in [-0.2, -0.15) is 0 Å². The van der Waals surface area contributed by atoms with E-state index in [-0.39, 0.29) is 44.9 Å². The van der Waals surface area contributed by atoms with Crippen molar-refractivity contribution in [3.8, 4) is 0 Å². The Morgan fingerprint density at radius 1 is 0.550 bits per heavy atom. The van der Waals surface area contributed by atoms with Crippen molar-refractivity contribution in [3.05, 3.63) is 0 Å². The normalized spacial score (nSPS) is 10.9. The number of carbonyl (C=O) groups is 4. The van der Waals surface area contributed by atoms with Gasteiger partial charge in [0, 0.05) is 13.1 Å². The topological polar surface area (TPSA) is 74.8 Å². The first-order valence-corrected chi connectivity index (χ1v) is 8.56. The Morgan fingerprint density at radius 2 is 0.750 bits per heavy atom. The Labute approximate surface area is 150 Å². The molecule has 0 atom stereocenters. The number of halogens is 4. The predicted molar refractivity (Wildman–Crippen MR) is 88.6 cm³/mol. The Hall–Kier alpha value is 0.520. The van der Waals surface area contributed by atoms with E-state index in [1.165, 1.54) is 0 Å². The van der Waals surface area contributed by atoms with E-state index in [2.05, 4.69) is 63.7 Å². The van der Waals surface area contributed by atoms with Crippen LogP contribution in [0.1, 0.15) is 0 Å². The summed E-state index contributed by atoms with van der Waals surface area (Å²) in [6, 6.07) is 0. The summed E-state index contributed by atoms with van der Waals surface area (Å²) in [5.74, 6) is 0. The summed E-state index contributed by atoms with van der Waals surface area (Å²) in [6.07, 6.45) is 0. The third-order valence-electron chi connectivity index (χ3n) is 2.12. The number of nitrogens with zero attached hydrogens (tertiary/aromatic N) is 2. The molecular formula is C10H12Br4N2O4. The quantitative estimate of drug-likeness (QED) is 0.366. The van der Waals surface area contributed by atoms with E-state index in [0.29, 0.717) is 13.1 Å². The van der Waals surface area contributed by atoms with E-state index in [0.717, 1.165) is 0 Å². The van der Waals surface area contributed by atoms with Crippen LogP contribution in [0.4, 0.5) is 0 Å². The zero-order valence-electron chi connectivity index (χ0n) is 10.3. The summed E-state index contributed by atoms with van der Waals surface area (Å²) >= 11 is 11.2. The molecule has 0 rings (SSSR count). The lowest BCUT2D eigenvalue weighted by atomic mass is 10.4. The van der Waals surface area contributed by atoms with Crippen LogP contribution >= 0.6 is 63.7 Å². The highest BCUT2D eigenvalue weighted by Crippen LogP contribution is 2.01. The van der Waals surface area contributed by atoms with Crippen LogP contribution in [0, 0.1) is 0 Å². The van der Waals surface area contributed by atoms with Gasteiger partial charge in [-0.3, -0.25) is 29.0 Å². The fourth-order valence-corrected chi connectivity index (χ4v) is 2.83. The number of hydrogen-bond acceptors (Lipinski definition) is 6. The lowest BCUT2D eigenvalue weighted by molar-refractivity contribution is -0.116. The van der Waals surface area contributed by atoms with Gasteiger partial charge in [0.05, 0.1) is 26.2 Å². The van der Waals surface area contributed by atoms with Crippen molar-refractivity contribution < 1.29 is 19.2 Å². The van der Waals surface area contributed by atoms with Crippen LogP contribution in [0.15, 0.2) is 0 Å². The molecule has 0 amide bonds. The summed E-state index contributed by atoms with van der Waals surface area (Å²) in [4.78, 5) is 47.4. The fourth-order valence-electron chi connectivity index (χ4n) is 1.41. The van der Waals surface area contributed by atoms with Crippen molar-refractivity contribution in [3.63, 3.8) is 0 Å². The molecule has 0 saturated carbocycles. The van der Waals surface area contributed by atoms with Crippen LogP contribution in [0.3, 0.4) is 0 Å². The molecule has 0 saturated heterocycles. The lowest BCUT2D eigenvalue weighted by Gasteiger charge is -2.24. The minimum atomic E-state index is -0.245. The molecule has 0 unspecified atom stereocenters. The molecule has 0 bridgehead atoms. The maximum absolute atomic E-state index is 11.0. The summed E-state index contributed by atoms with van der Waals surface area (Å²) in [7, 11) is 0. The molecule has 0 aliphatic rings. The zero-order chi connectivity index (χ0) is 15.7. The Morgan fingerprint density at radius 3 is 0.900 bits per heavy atom. The molecule has 0 aromatic heterocycles. The van der Waals surface area contributed by atoms with Gasteiger partial charge in [0.1, 0.15) is 0 Å². The van der Waals surface area contributed by atoms with Crippen LogP contribution in [0.2, 0.25) is 0 Å². The summed E-state index contributed by atoms with van der Waals surface area (Å²) in [5, 5.41) is 0. The summed E-state index contributed by atoms with van der Waals surface area (Å²) in [5.41, 5.74) is 0. The average molecular weight is 544 g/mol. The third kappa shape index (κ3) is 12.3. The first kappa shape index (κ1) is 20.5. The molecule has 0 spiro atoms. The number of carbonyl (C=O) groups excluding carboxylic acids is 4. The van der Waals surface area contributed by atoms with E-state index < -0.39 is 0 Å². The van der Waals surface area contributed by atoms with Crippen molar-refractivity contribution in [2.75, 3.05) is 39.3 Å². The van der Waals surface area contributed by atoms with Crippen molar-refractivity contribution >= 4 is 82.5 Å². The van der Waals surface area contributed by atoms with Crippen molar-refractivity contribution in [1.29, 1.82) is 0 Å². The maximum Gasteiger partial charge on any atom is 0.211 e. The molecule has 6 nitrogen and oxygen atoms in total. The molecule has 0 aromatic rings. The maximum atomic E-state index is 11.0. The van der Waals surface area contributed by atoms with Gasteiger partial charge in [-0.15, -0.1) is 0 Å². The Kier molecular flexibility index (Phi) is 11.4. The molecule has 0 radical (unpaired) electrons. The van der Waals surface area contributed by atoms with Gasteiger partial charge < -0.3 is 0 Å². The summed E-state index contributed by atoms with van der Waals surface area (Å²) in [6.45, 7) is 1.00. The molecule has 0 aromatic carbocycles. The monoisotopic (exact) mass is 540 g/mol. The van der Waals surface area contributed by atoms with Crippen LogP contribution in [0.25, 0.3) is 0 Å². The molecule has 0 N–H and O–H groups in total. The molecule has 0 aliphatic heterocycles. The van der Waals surface area contributed by atoms with Crippen LogP contribution in [-0.2, 0) is 19.2 Å². The highest BCUT2D eigenvalue weighted by atomic mass is 79.9. The van der Waals surface area contributed by atoms with Gasteiger partial charge in [-0.05, 0) is 63.7 Å². The molecule has 0 fully saturated rings. The molecule has 10 heteroatoms. The Bertz CT molecular complexity index is 323. The van der Waals surface area contributed by atoms with Gasteiger partial charge in [0.15, 0.2) is 0 Å². The highest BCUT2D eigenvalue weighted by Gasteiger charge is 2.16. The highest BCUT2D eigenvalue weighted by molar-refractivity contribution is 9.18. The fraction of sp³-hybridized carbons (Fsp3) is 0.600. The van der Waals surface area contributed by atoms with Crippen molar-refractivity contribution in [1.82, 2.24) is 9.80 Å². The Balaban J connectivity index is 4.49. The minimum Gasteiger partial charge on any atom is -0.286 e. The van der Waals surface area contributed by atoms with E-state index in [4.69, 9.17) is 0 Å². The second-order valence-electron chi connectivity index (χ2n) is 3.84. The van der Waals surface area contributed by atoms with Gasteiger partial charge in [0.2, 0.25) is 18.8 Å². The summed E-state index contributed by atoms with van der Waals surface area (Å²) < 4.78 is -0.978. The van der Waals surface area contributed by atoms with Gasteiger partial charge >= 0.3 is 0 Å². The number of rotatable bonds is 11.